The van der Waals surface area contributed by atoms with Crippen LogP contribution in [0.2, 0.25) is 0 Å². The number of amides is 3. The van der Waals surface area contributed by atoms with Gasteiger partial charge in [0, 0.05) is 17.6 Å². The minimum atomic E-state index is -1.07. The maximum Gasteiger partial charge on any atom is 0.246 e. The van der Waals surface area contributed by atoms with Crippen LogP contribution in [0.1, 0.15) is 66.7 Å². The van der Waals surface area contributed by atoms with E-state index in [9.17, 15) is 14.4 Å². The van der Waals surface area contributed by atoms with Crippen LogP contribution in [0.4, 0.5) is 0 Å². The van der Waals surface area contributed by atoms with E-state index < -0.39 is 35.1 Å². The highest BCUT2D eigenvalue weighted by atomic mass is 16.5. The Hall–Kier alpha value is -1.89. The summed E-state index contributed by atoms with van der Waals surface area (Å²) < 4.78 is 6.31. The molecule has 3 heterocycles. The molecule has 7 heteroatoms. The number of ether oxygens (including phenoxy) is 1. The number of nitrogens with zero attached hydrogens (tertiary/aromatic N) is 1. The van der Waals surface area contributed by atoms with Gasteiger partial charge in [0.2, 0.25) is 17.7 Å². The molecule has 1 saturated carbocycles. The SMILES string of the molecule is CC(C)N1C(=O)[C@H]2[C@@H](C(=O)NC3CCCCC3)[C@H]3C=C[C@@]2(O3)[C@H]1C(=O)NC(C)(C)C. The lowest BCUT2D eigenvalue weighted by atomic mass is 9.74. The van der Waals surface area contributed by atoms with Crippen LogP contribution in [0, 0.1) is 11.8 Å². The Balaban J connectivity index is 1.64. The summed E-state index contributed by atoms with van der Waals surface area (Å²) in [5.41, 5.74) is -1.51. The fraction of sp³-hybridized carbons (Fsp3) is 0.783. The van der Waals surface area contributed by atoms with Crippen molar-refractivity contribution >= 4 is 17.7 Å². The second-order valence-corrected chi connectivity index (χ2v) is 10.6. The predicted molar refractivity (Wildman–Crippen MR) is 112 cm³/mol. The van der Waals surface area contributed by atoms with Crippen molar-refractivity contribution in [3.63, 3.8) is 0 Å². The molecular formula is C23H35N3O4. The Labute approximate surface area is 179 Å². The van der Waals surface area contributed by atoms with E-state index in [0.29, 0.717) is 0 Å². The summed E-state index contributed by atoms with van der Waals surface area (Å²) in [6.07, 6.45) is 8.70. The highest BCUT2D eigenvalue weighted by Crippen LogP contribution is 2.55. The molecule has 0 unspecified atom stereocenters. The van der Waals surface area contributed by atoms with Crippen LogP contribution in [0.15, 0.2) is 12.2 Å². The molecule has 3 amide bonds. The summed E-state index contributed by atoms with van der Waals surface area (Å²) in [4.78, 5) is 41.8. The van der Waals surface area contributed by atoms with Crippen LogP contribution in [0.3, 0.4) is 0 Å². The van der Waals surface area contributed by atoms with Gasteiger partial charge in [-0.25, -0.2) is 0 Å². The lowest BCUT2D eigenvalue weighted by Crippen LogP contribution is -2.59. The van der Waals surface area contributed by atoms with Gasteiger partial charge in [-0.2, -0.15) is 0 Å². The Morgan fingerprint density at radius 3 is 2.43 bits per heavy atom. The van der Waals surface area contributed by atoms with Gasteiger partial charge in [0.15, 0.2) is 0 Å². The summed E-state index contributed by atoms with van der Waals surface area (Å²) in [6, 6.07) is -0.780. The molecule has 1 aliphatic carbocycles. The van der Waals surface area contributed by atoms with Crippen molar-refractivity contribution in [3.05, 3.63) is 12.2 Å². The Morgan fingerprint density at radius 2 is 1.83 bits per heavy atom. The molecule has 166 valence electrons. The number of nitrogens with one attached hydrogen (secondary N) is 2. The summed E-state index contributed by atoms with van der Waals surface area (Å²) in [7, 11) is 0. The van der Waals surface area contributed by atoms with Crippen LogP contribution >= 0.6 is 0 Å². The molecule has 5 atom stereocenters. The highest BCUT2D eigenvalue weighted by Gasteiger charge is 2.73. The van der Waals surface area contributed by atoms with E-state index in [1.165, 1.54) is 6.42 Å². The number of carbonyl (C=O) groups is 3. The molecule has 3 fully saturated rings. The van der Waals surface area contributed by atoms with Gasteiger partial charge in [-0.05, 0) is 47.5 Å². The van der Waals surface area contributed by atoms with Gasteiger partial charge < -0.3 is 20.3 Å². The molecule has 4 aliphatic rings. The van der Waals surface area contributed by atoms with Gasteiger partial charge in [0.1, 0.15) is 11.6 Å². The highest BCUT2D eigenvalue weighted by molar-refractivity contribution is 6.00. The number of fused-ring (bicyclic) bond motifs is 1. The Morgan fingerprint density at radius 1 is 1.17 bits per heavy atom. The second-order valence-electron chi connectivity index (χ2n) is 10.6. The minimum absolute atomic E-state index is 0.114. The first-order valence-electron chi connectivity index (χ1n) is 11.4. The molecule has 30 heavy (non-hydrogen) atoms. The molecule has 3 aliphatic heterocycles. The standard InChI is InChI=1S/C23H35N3O4/c1-13(2)26-18(20(28)25-22(3,4)5)23-12-11-15(30-23)16(17(23)21(26)29)19(27)24-14-9-7-6-8-10-14/h11-18H,6-10H2,1-5H3,(H,24,27)(H,25,28)/t15-,16+,17-,18-,23+/m1/s1. The summed E-state index contributed by atoms with van der Waals surface area (Å²) in [5.74, 6) is -1.75. The zero-order valence-corrected chi connectivity index (χ0v) is 18.7. The Kier molecular flexibility index (Phi) is 5.24. The van der Waals surface area contributed by atoms with Crippen molar-refractivity contribution in [2.75, 3.05) is 0 Å². The first kappa shape index (κ1) is 21.3. The zero-order chi connectivity index (χ0) is 21.8. The second kappa shape index (κ2) is 7.36. The topological polar surface area (TPSA) is 87.7 Å². The molecule has 0 radical (unpaired) electrons. The van der Waals surface area contributed by atoms with Crippen LogP contribution in [0.25, 0.3) is 0 Å². The van der Waals surface area contributed by atoms with Gasteiger partial charge in [-0.15, -0.1) is 0 Å². The number of carbonyl (C=O) groups excluding carboxylic acids is 3. The van der Waals surface area contributed by atoms with Crippen molar-refractivity contribution in [2.24, 2.45) is 11.8 Å². The summed E-state index contributed by atoms with van der Waals surface area (Å²) in [5, 5.41) is 6.20. The third kappa shape index (κ3) is 3.35. The molecule has 4 rings (SSSR count). The van der Waals surface area contributed by atoms with Gasteiger partial charge in [0.25, 0.3) is 0 Å². The van der Waals surface area contributed by atoms with Crippen molar-refractivity contribution in [3.8, 4) is 0 Å². The number of rotatable bonds is 4. The average Bonchev–Trinajstić information content (AvgIpc) is 3.28. The van der Waals surface area contributed by atoms with Crippen molar-refractivity contribution < 1.29 is 19.1 Å². The molecule has 2 bridgehead atoms. The monoisotopic (exact) mass is 417 g/mol. The number of hydrogen-bond acceptors (Lipinski definition) is 4. The van der Waals surface area contributed by atoms with Gasteiger partial charge in [-0.1, -0.05) is 31.4 Å². The lowest BCUT2D eigenvalue weighted by molar-refractivity contribution is -0.144. The molecule has 2 saturated heterocycles. The first-order chi connectivity index (χ1) is 14.0. The number of hydrogen-bond donors (Lipinski definition) is 2. The number of likely N-dealkylation sites (tertiary alicyclic amines) is 1. The van der Waals surface area contributed by atoms with Gasteiger partial charge >= 0.3 is 0 Å². The smallest absolute Gasteiger partial charge is 0.246 e. The quantitative estimate of drug-likeness (QED) is 0.684. The van der Waals surface area contributed by atoms with E-state index in [1.54, 1.807) is 4.90 Å². The lowest BCUT2D eigenvalue weighted by Gasteiger charge is -2.36. The molecule has 0 aromatic rings. The van der Waals surface area contributed by atoms with Crippen LogP contribution in [-0.2, 0) is 19.1 Å². The minimum Gasteiger partial charge on any atom is -0.359 e. The van der Waals surface area contributed by atoms with Crippen LogP contribution in [-0.4, -0.2) is 58.0 Å². The van der Waals surface area contributed by atoms with Crippen molar-refractivity contribution in [1.29, 1.82) is 0 Å². The van der Waals surface area contributed by atoms with E-state index in [-0.39, 0.29) is 29.8 Å². The molecule has 7 nitrogen and oxygen atoms in total. The molecule has 2 N–H and O–H groups in total. The third-order valence-electron chi connectivity index (χ3n) is 6.87. The van der Waals surface area contributed by atoms with E-state index in [1.807, 2.05) is 46.8 Å². The summed E-state index contributed by atoms with van der Waals surface area (Å²) >= 11 is 0. The fourth-order valence-corrected chi connectivity index (χ4v) is 5.74. The fourth-order valence-electron chi connectivity index (χ4n) is 5.74. The molecular weight excluding hydrogens is 382 g/mol. The third-order valence-corrected chi connectivity index (χ3v) is 6.87. The normalized spacial score (nSPS) is 35.8. The maximum absolute atomic E-state index is 13.6. The van der Waals surface area contributed by atoms with E-state index in [2.05, 4.69) is 10.6 Å². The predicted octanol–water partition coefficient (Wildman–Crippen LogP) is 1.91. The Bertz CT molecular complexity index is 765. The van der Waals surface area contributed by atoms with Crippen molar-refractivity contribution in [2.45, 2.75) is 102 Å². The maximum atomic E-state index is 13.6. The zero-order valence-electron chi connectivity index (χ0n) is 18.7. The summed E-state index contributed by atoms with van der Waals surface area (Å²) in [6.45, 7) is 9.56. The van der Waals surface area contributed by atoms with Gasteiger partial charge in [0.05, 0.1) is 17.9 Å². The van der Waals surface area contributed by atoms with Gasteiger partial charge in [-0.3, -0.25) is 14.4 Å². The molecule has 0 aromatic heterocycles. The first-order valence-corrected chi connectivity index (χ1v) is 11.4. The largest absolute Gasteiger partial charge is 0.359 e. The average molecular weight is 418 g/mol. The van der Waals surface area contributed by atoms with E-state index in [0.717, 1.165) is 25.7 Å². The van der Waals surface area contributed by atoms with Crippen molar-refractivity contribution in [1.82, 2.24) is 15.5 Å². The van der Waals surface area contributed by atoms with E-state index >= 15 is 0 Å². The molecule has 0 aromatic carbocycles. The van der Waals surface area contributed by atoms with E-state index in [4.69, 9.17) is 4.74 Å². The van der Waals surface area contributed by atoms with Crippen LogP contribution in [0.5, 0.6) is 0 Å². The van der Waals surface area contributed by atoms with Crippen LogP contribution < -0.4 is 10.6 Å². The molecule has 1 spiro atoms.